The minimum Gasteiger partial charge on any atom is -0.497 e. The fourth-order valence-corrected chi connectivity index (χ4v) is 4.90. The third-order valence-corrected chi connectivity index (χ3v) is 7.33. The molecule has 1 amide bonds. The highest BCUT2D eigenvalue weighted by Crippen LogP contribution is 2.36. The van der Waals surface area contributed by atoms with Crippen molar-refractivity contribution in [2.75, 3.05) is 18.6 Å². The summed E-state index contributed by atoms with van der Waals surface area (Å²) >= 11 is 0. The van der Waals surface area contributed by atoms with E-state index in [1.165, 1.54) is 5.56 Å². The Kier molecular flexibility index (Phi) is 9.12. The molecule has 4 aromatic carbocycles. The fourth-order valence-electron chi connectivity index (χ4n) is 4.90. The van der Waals surface area contributed by atoms with E-state index in [2.05, 4.69) is 43.3 Å². The Balaban J connectivity index is 1.33. The minimum absolute atomic E-state index is 0.151. The highest BCUT2D eigenvalue weighted by Gasteiger charge is 2.28. The number of ether oxygens (including phenoxy) is 4. The summed E-state index contributed by atoms with van der Waals surface area (Å²) in [5.74, 6) is 2.34. The molecule has 0 saturated heterocycles. The van der Waals surface area contributed by atoms with Crippen LogP contribution in [0.1, 0.15) is 42.5 Å². The van der Waals surface area contributed by atoms with E-state index in [1.54, 1.807) is 12.0 Å². The Morgan fingerprint density at radius 2 is 1.57 bits per heavy atom. The topological polar surface area (TPSA) is 57.2 Å². The number of amides is 1. The quantitative estimate of drug-likeness (QED) is 0.184. The van der Waals surface area contributed by atoms with Gasteiger partial charge in [-0.05, 0) is 91.9 Å². The first kappa shape index (κ1) is 28.8. The Hall–Kier alpha value is -4.71. The summed E-state index contributed by atoms with van der Waals surface area (Å²) in [6, 6.07) is 31.5. The van der Waals surface area contributed by atoms with E-state index >= 15 is 0 Å². The summed E-state index contributed by atoms with van der Waals surface area (Å²) in [5.41, 5.74) is 4.35. The van der Waals surface area contributed by atoms with Crippen LogP contribution in [0.4, 0.5) is 10.5 Å². The van der Waals surface area contributed by atoms with Crippen molar-refractivity contribution >= 4 is 17.9 Å². The summed E-state index contributed by atoms with van der Waals surface area (Å²) < 4.78 is 23.1. The van der Waals surface area contributed by atoms with E-state index in [0.29, 0.717) is 13.2 Å². The molecule has 1 atom stereocenters. The van der Waals surface area contributed by atoms with Crippen molar-refractivity contribution in [2.45, 2.75) is 45.4 Å². The molecular formula is C36H37NO5. The standard InChI is InChI=1S/C36H37NO5/c1-4-40-33-17-12-29(13-18-33)26-41-35(38)37(25-28-10-15-32(39-3)16-11-28)31-14-19-34-30(24-31)21-23-36(2,42-34)22-20-27-8-6-5-7-9-27/h5-19,21,23-24H,4,20,22,25-26H2,1-3H3. The number of benzene rings is 4. The number of hydrogen-bond acceptors (Lipinski definition) is 5. The molecule has 4 aromatic rings. The molecule has 0 spiro atoms. The van der Waals surface area contributed by atoms with Gasteiger partial charge in [0, 0.05) is 11.3 Å². The molecule has 5 rings (SSSR count). The van der Waals surface area contributed by atoms with Crippen molar-refractivity contribution in [2.24, 2.45) is 0 Å². The van der Waals surface area contributed by atoms with Gasteiger partial charge in [-0.15, -0.1) is 0 Å². The van der Waals surface area contributed by atoms with Crippen molar-refractivity contribution in [3.63, 3.8) is 0 Å². The lowest BCUT2D eigenvalue weighted by Crippen LogP contribution is -2.33. The number of anilines is 1. The van der Waals surface area contributed by atoms with Crippen LogP contribution < -0.4 is 19.1 Å². The first-order valence-electron chi connectivity index (χ1n) is 14.3. The van der Waals surface area contributed by atoms with Crippen LogP contribution in [-0.4, -0.2) is 25.4 Å². The van der Waals surface area contributed by atoms with Crippen molar-refractivity contribution in [1.82, 2.24) is 0 Å². The number of carbonyl (C=O) groups is 1. The second-order valence-corrected chi connectivity index (χ2v) is 10.5. The molecule has 0 bridgehead atoms. The fraction of sp³-hybridized carbons (Fsp3) is 0.250. The molecule has 0 aromatic heterocycles. The van der Waals surface area contributed by atoms with E-state index in [0.717, 1.165) is 52.5 Å². The van der Waals surface area contributed by atoms with Gasteiger partial charge >= 0.3 is 6.09 Å². The zero-order chi connectivity index (χ0) is 29.4. The maximum absolute atomic E-state index is 13.5. The third kappa shape index (κ3) is 7.32. The molecular weight excluding hydrogens is 526 g/mol. The van der Waals surface area contributed by atoms with E-state index in [9.17, 15) is 4.79 Å². The Morgan fingerprint density at radius 1 is 0.857 bits per heavy atom. The van der Waals surface area contributed by atoms with Crippen LogP contribution in [0, 0.1) is 0 Å². The molecule has 1 aliphatic rings. The predicted octanol–water partition coefficient (Wildman–Crippen LogP) is 8.23. The lowest BCUT2D eigenvalue weighted by atomic mass is 9.93. The van der Waals surface area contributed by atoms with Crippen LogP contribution in [0.15, 0.2) is 103 Å². The molecule has 42 heavy (non-hydrogen) atoms. The highest BCUT2D eigenvalue weighted by molar-refractivity contribution is 5.88. The molecule has 1 unspecified atom stereocenters. The van der Waals surface area contributed by atoms with Gasteiger partial charge in [0.2, 0.25) is 0 Å². The van der Waals surface area contributed by atoms with Crippen molar-refractivity contribution < 1.29 is 23.7 Å². The summed E-state index contributed by atoms with van der Waals surface area (Å²) in [6.45, 7) is 5.14. The predicted molar refractivity (Wildman–Crippen MR) is 166 cm³/mol. The number of fused-ring (bicyclic) bond motifs is 1. The van der Waals surface area contributed by atoms with Crippen molar-refractivity contribution in [3.05, 3.63) is 125 Å². The number of rotatable bonds is 11. The highest BCUT2D eigenvalue weighted by atomic mass is 16.6. The average Bonchev–Trinajstić information content (AvgIpc) is 3.03. The molecule has 216 valence electrons. The van der Waals surface area contributed by atoms with Gasteiger partial charge < -0.3 is 18.9 Å². The first-order chi connectivity index (χ1) is 20.4. The van der Waals surface area contributed by atoms with Crippen molar-refractivity contribution in [1.29, 1.82) is 0 Å². The van der Waals surface area contributed by atoms with E-state index in [1.807, 2.05) is 79.7 Å². The second-order valence-electron chi connectivity index (χ2n) is 10.5. The lowest BCUT2D eigenvalue weighted by molar-refractivity contribution is 0.128. The molecule has 0 saturated carbocycles. The average molecular weight is 564 g/mol. The first-order valence-corrected chi connectivity index (χ1v) is 14.3. The van der Waals surface area contributed by atoms with Gasteiger partial charge in [0.15, 0.2) is 0 Å². The van der Waals surface area contributed by atoms with Gasteiger partial charge in [-0.25, -0.2) is 4.79 Å². The molecule has 0 aliphatic carbocycles. The van der Waals surface area contributed by atoms with Gasteiger partial charge in [-0.1, -0.05) is 60.7 Å². The van der Waals surface area contributed by atoms with E-state index in [4.69, 9.17) is 18.9 Å². The van der Waals surface area contributed by atoms with Crippen LogP contribution in [0.25, 0.3) is 6.08 Å². The maximum atomic E-state index is 13.5. The summed E-state index contributed by atoms with van der Waals surface area (Å²) in [6.07, 6.45) is 5.54. The van der Waals surface area contributed by atoms with Crippen LogP contribution in [0.3, 0.4) is 0 Å². The van der Waals surface area contributed by atoms with Crippen LogP contribution in [0.2, 0.25) is 0 Å². The molecule has 1 heterocycles. The molecule has 0 fully saturated rings. The number of aryl methyl sites for hydroxylation is 1. The Labute approximate surface area is 248 Å². The van der Waals surface area contributed by atoms with Gasteiger partial charge in [0.1, 0.15) is 29.5 Å². The van der Waals surface area contributed by atoms with E-state index < -0.39 is 11.7 Å². The summed E-state index contributed by atoms with van der Waals surface area (Å²) in [5, 5.41) is 0. The second kappa shape index (κ2) is 13.3. The summed E-state index contributed by atoms with van der Waals surface area (Å²) in [4.78, 5) is 15.2. The molecule has 6 heteroatoms. The monoisotopic (exact) mass is 563 g/mol. The van der Waals surface area contributed by atoms with Crippen molar-refractivity contribution in [3.8, 4) is 17.2 Å². The van der Waals surface area contributed by atoms with Crippen LogP contribution in [0.5, 0.6) is 17.2 Å². The smallest absolute Gasteiger partial charge is 0.414 e. The zero-order valence-electron chi connectivity index (χ0n) is 24.4. The minimum atomic E-state index is -0.437. The Morgan fingerprint density at radius 3 is 2.29 bits per heavy atom. The summed E-state index contributed by atoms with van der Waals surface area (Å²) in [7, 11) is 1.63. The number of hydrogen-bond donors (Lipinski definition) is 0. The zero-order valence-corrected chi connectivity index (χ0v) is 24.4. The number of carbonyl (C=O) groups excluding carboxylic acids is 1. The van der Waals surface area contributed by atoms with Gasteiger partial charge in [0.05, 0.1) is 20.3 Å². The molecule has 6 nitrogen and oxygen atoms in total. The number of nitrogens with zero attached hydrogens (tertiary/aromatic N) is 1. The largest absolute Gasteiger partial charge is 0.497 e. The SMILES string of the molecule is CCOc1ccc(COC(=O)N(Cc2ccc(OC)cc2)c2ccc3c(c2)C=CC(C)(CCc2ccccc2)O3)cc1. The molecule has 1 aliphatic heterocycles. The Bertz CT molecular complexity index is 1500. The van der Waals surface area contributed by atoms with E-state index in [-0.39, 0.29) is 6.61 Å². The third-order valence-electron chi connectivity index (χ3n) is 7.33. The molecule has 0 N–H and O–H groups in total. The van der Waals surface area contributed by atoms with Gasteiger partial charge in [0.25, 0.3) is 0 Å². The normalized spacial score (nSPS) is 15.3. The number of methoxy groups -OCH3 is 1. The lowest BCUT2D eigenvalue weighted by Gasteiger charge is -2.32. The van der Waals surface area contributed by atoms with Gasteiger partial charge in [-0.2, -0.15) is 0 Å². The van der Waals surface area contributed by atoms with Crippen LogP contribution >= 0.6 is 0 Å². The van der Waals surface area contributed by atoms with Crippen LogP contribution in [-0.2, 0) is 24.3 Å². The molecule has 0 radical (unpaired) electrons. The maximum Gasteiger partial charge on any atom is 0.414 e. The van der Waals surface area contributed by atoms with Gasteiger partial charge in [-0.3, -0.25) is 4.90 Å².